The molecule has 29 heavy (non-hydrogen) atoms. The Bertz CT molecular complexity index is 1050. The predicted molar refractivity (Wildman–Crippen MR) is 119 cm³/mol. The van der Waals surface area contributed by atoms with Crippen molar-refractivity contribution < 1.29 is 9.53 Å². The summed E-state index contributed by atoms with van der Waals surface area (Å²) >= 11 is 1.44. The number of aromatic nitrogens is 1. The van der Waals surface area contributed by atoms with Crippen molar-refractivity contribution in [3.8, 4) is 27.4 Å². The van der Waals surface area contributed by atoms with Crippen molar-refractivity contribution in [3.63, 3.8) is 0 Å². The standard InChI is InChI=1S/C23H19N3O2S/c1-28-19-15-9-8-14-18(19)24-22(27)26-23-25-20(16-10-4-2-5-11-16)21(29-23)17-12-6-3-7-13-17/h2-15H,1H3,(H2,24,25,26,27). The normalized spacial score (nSPS) is 10.4. The van der Waals surface area contributed by atoms with Gasteiger partial charge >= 0.3 is 6.03 Å². The molecule has 0 saturated carbocycles. The van der Waals surface area contributed by atoms with Gasteiger partial charge < -0.3 is 10.1 Å². The largest absolute Gasteiger partial charge is 0.495 e. The van der Waals surface area contributed by atoms with E-state index < -0.39 is 0 Å². The minimum Gasteiger partial charge on any atom is -0.495 e. The average molecular weight is 401 g/mol. The Balaban J connectivity index is 1.63. The third kappa shape index (κ3) is 4.28. The first-order valence-electron chi connectivity index (χ1n) is 9.07. The average Bonchev–Trinajstić information content (AvgIpc) is 3.19. The predicted octanol–water partition coefficient (Wildman–Crippen LogP) is 6.13. The van der Waals surface area contributed by atoms with Crippen LogP contribution >= 0.6 is 11.3 Å². The lowest BCUT2D eigenvalue weighted by Gasteiger charge is -2.09. The fourth-order valence-corrected chi connectivity index (χ4v) is 3.94. The minimum atomic E-state index is -0.373. The number of ether oxygens (including phenoxy) is 1. The van der Waals surface area contributed by atoms with Crippen molar-refractivity contribution in [2.45, 2.75) is 0 Å². The van der Waals surface area contributed by atoms with Crippen LogP contribution in [0.5, 0.6) is 5.75 Å². The zero-order chi connectivity index (χ0) is 20.1. The molecule has 0 unspecified atom stereocenters. The number of urea groups is 1. The molecule has 0 aliphatic carbocycles. The summed E-state index contributed by atoms with van der Waals surface area (Å²) in [5, 5.41) is 6.18. The molecule has 4 rings (SSSR count). The number of hydrogen-bond donors (Lipinski definition) is 2. The van der Waals surface area contributed by atoms with Gasteiger partial charge in [0, 0.05) is 5.56 Å². The number of para-hydroxylation sites is 2. The SMILES string of the molecule is COc1ccccc1NC(=O)Nc1nc(-c2ccccc2)c(-c2ccccc2)s1. The van der Waals surface area contributed by atoms with E-state index >= 15 is 0 Å². The molecule has 0 aliphatic heterocycles. The Morgan fingerprint density at radius 3 is 2.14 bits per heavy atom. The van der Waals surface area contributed by atoms with Crippen molar-refractivity contribution >= 4 is 28.2 Å². The summed E-state index contributed by atoms with van der Waals surface area (Å²) in [7, 11) is 1.57. The molecule has 6 heteroatoms. The minimum absolute atomic E-state index is 0.373. The number of benzene rings is 3. The fraction of sp³-hybridized carbons (Fsp3) is 0.0435. The molecule has 2 amide bonds. The summed E-state index contributed by atoms with van der Waals surface area (Å²) < 4.78 is 5.28. The van der Waals surface area contributed by atoms with Crippen LogP contribution in [-0.2, 0) is 0 Å². The third-order valence-corrected chi connectivity index (χ3v) is 5.31. The molecular weight excluding hydrogens is 382 g/mol. The van der Waals surface area contributed by atoms with E-state index in [0.29, 0.717) is 16.6 Å². The van der Waals surface area contributed by atoms with E-state index in [1.807, 2.05) is 72.8 Å². The Kier molecular flexibility index (Phi) is 5.54. The lowest BCUT2D eigenvalue weighted by atomic mass is 10.1. The number of hydrogen-bond acceptors (Lipinski definition) is 4. The number of anilines is 2. The van der Waals surface area contributed by atoms with Gasteiger partial charge in [-0.1, -0.05) is 84.1 Å². The summed E-state index contributed by atoms with van der Waals surface area (Å²) in [6, 6.07) is 26.9. The van der Waals surface area contributed by atoms with Gasteiger partial charge in [0.15, 0.2) is 5.13 Å². The molecule has 1 aromatic heterocycles. The van der Waals surface area contributed by atoms with Crippen LogP contribution in [-0.4, -0.2) is 18.1 Å². The summed E-state index contributed by atoms with van der Waals surface area (Å²) in [6.07, 6.45) is 0. The van der Waals surface area contributed by atoms with Crippen LogP contribution in [0.1, 0.15) is 0 Å². The van der Waals surface area contributed by atoms with Crippen molar-refractivity contribution in [2.75, 3.05) is 17.7 Å². The molecule has 0 radical (unpaired) electrons. The quantitative estimate of drug-likeness (QED) is 0.423. The molecular formula is C23H19N3O2S. The Hall–Kier alpha value is -3.64. The summed E-state index contributed by atoms with van der Waals surface area (Å²) in [5.41, 5.74) is 3.49. The fourth-order valence-electron chi connectivity index (χ4n) is 2.95. The molecule has 0 fully saturated rings. The van der Waals surface area contributed by atoms with E-state index in [9.17, 15) is 4.79 Å². The molecule has 0 atom stereocenters. The number of carbonyl (C=O) groups excluding carboxylic acids is 1. The van der Waals surface area contributed by atoms with Gasteiger partial charge in [0.05, 0.1) is 23.4 Å². The molecule has 0 bridgehead atoms. The van der Waals surface area contributed by atoms with Gasteiger partial charge in [-0.05, 0) is 17.7 Å². The van der Waals surface area contributed by atoms with E-state index in [1.165, 1.54) is 11.3 Å². The van der Waals surface area contributed by atoms with Crippen LogP contribution in [0.15, 0.2) is 84.9 Å². The van der Waals surface area contributed by atoms with Crippen LogP contribution in [0, 0.1) is 0 Å². The Labute approximate surface area is 173 Å². The number of thiazole rings is 1. The second-order valence-corrected chi connectivity index (χ2v) is 7.21. The van der Waals surface area contributed by atoms with Crippen molar-refractivity contribution in [1.82, 2.24) is 4.98 Å². The molecule has 4 aromatic rings. The van der Waals surface area contributed by atoms with Gasteiger partial charge in [-0.25, -0.2) is 9.78 Å². The van der Waals surface area contributed by atoms with E-state index in [-0.39, 0.29) is 6.03 Å². The number of amides is 2. The molecule has 1 heterocycles. The molecule has 2 N–H and O–H groups in total. The summed E-state index contributed by atoms with van der Waals surface area (Å²) in [6.45, 7) is 0. The van der Waals surface area contributed by atoms with Gasteiger partial charge in [0.2, 0.25) is 0 Å². The first kappa shape index (κ1) is 18.7. The third-order valence-electron chi connectivity index (χ3n) is 4.29. The van der Waals surface area contributed by atoms with Crippen molar-refractivity contribution in [3.05, 3.63) is 84.9 Å². The zero-order valence-electron chi connectivity index (χ0n) is 15.8. The molecule has 3 aromatic carbocycles. The second-order valence-electron chi connectivity index (χ2n) is 6.21. The van der Waals surface area contributed by atoms with Crippen molar-refractivity contribution in [2.24, 2.45) is 0 Å². The maximum Gasteiger partial charge on any atom is 0.325 e. The van der Waals surface area contributed by atoms with E-state index in [1.54, 1.807) is 19.2 Å². The topological polar surface area (TPSA) is 63.2 Å². The van der Waals surface area contributed by atoms with E-state index in [4.69, 9.17) is 9.72 Å². The maximum atomic E-state index is 12.5. The first-order chi connectivity index (χ1) is 14.2. The number of nitrogens with zero attached hydrogens (tertiary/aromatic N) is 1. The Morgan fingerprint density at radius 2 is 1.45 bits per heavy atom. The monoisotopic (exact) mass is 401 g/mol. The smallest absolute Gasteiger partial charge is 0.325 e. The van der Waals surface area contributed by atoms with Crippen LogP contribution in [0.2, 0.25) is 0 Å². The summed E-state index contributed by atoms with van der Waals surface area (Å²) in [4.78, 5) is 18.2. The molecule has 144 valence electrons. The number of nitrogens with one attached hydrogen (secondary N) is 2. The van der Waals surface area contributed by atoms with Gasteiger partial charge in [-0.2, -0.15) is 0 Å². The second kappa shape index (κ2) is 8.58. The zero-order valence-corrected chi connectivity index (χ0v) is 16.6. The molecule has 5 nitrogen and oxygen atoms in total. The maximum absolute atomic E-state index is 12.5. The lowest BCUT2D eigenvalue weighted by molar-refractivity contribution is 0.262. The van der Waals surface area contributed by atoms with Crippen LogP contribution in [0.4, 0.5) is 15.6 Å². The lowest BCUT2D eigenvalue weighted by Crippen LogP contribution is -2.19. The van der Waals surface area contributed by atoms with E-state index in [0.717, 1.165) is 21.7 Å². The number of methoxy groups -OCH3 is 1. The molecule has 0 aliphatic rings. The first-order valence-corrected chi connectivity index (χ1v) is 9.89. The summed E-state index contributed by atoms with van der Waals surface area (Å²) in [5.74, 6) is 0.594. The highest BCUT2D eigenvalue weighted by atomic mass is 32.1. The van der Waals surface area contributed by atoms with Crippen LogP contribution in [0.3, 0.4) is 0 Å². The highest BCUT2D eigenvalue weighted by molar-refractivity contribution is 7.19. The number of carbonyl (C=O) groups is 1. The Morgan fingerprint density at radius 1 is 0.828 bits per heavy atom. The van der Waals surface area contributed by atoms with Crippen LogP contribution < -0.4 is 15.4 Å². The highest BCUT2D eigenvalue weighted by Crippen LogP contribution is 2.39. The van der Waals surface area contributed by atoms with Gasteiger partial charge in [0.1, 0.15) is 5.75 Å². The highest BCUT2D eigenvalue weighted by Gasteiger charge is 2.16. The van der Waals surface area contributed by atoms with Gasteiger partial charge in [-0.15, -0.1) is 0 Å². The van der Waals surface area contributed by atoms with E-state index in [2.05, 4.69) is 10.6 Å². The molecule has 0 spiro atoms. The van der Waals surface area contributed by atoms with Crippen molar-refractivity contribution in [1.29, 1.82) is 0 Å². The van der Waals surface area contributed by atoms with Gasteiger partial charge in [0.25, 0.3) is 0 Å². The van der Waals surface area contributed by atoms with Crippen LogP contribution in [0.25, 0.3) is 21.7 Å². The van der Waals surface area contributed by atoms with Gasteiger partial charge in [-0.3, -0.25) is 5.32 Å². The molecule has 0 saturated heterocycles. The number of rotatable bonds is 5.